The van der Waals surface area contributed by atoms with Gasteiger partial charge in [-0.05, 0) is 24.6 Å². The maximum atomic E-state index is 5.04. The zero-order valence-corrected chi connectivity index (χ0v) is 10.9. The average molecular weight is 260 g/mol. The van der Waals surface area contributed by atoms with E-state index in [2.05, 4.69) is 30.6 Å². The van der Waals surface area contributed by atoms with Crippen LogP contribution in [0, 0.1) is 0 Å². The first kappa shape index (κ1) is 13.0. The van der Waals surface area contributed by atoms with Crippen molar-refractivity contribution >= 4 is 11.9 Å². The molecule has 0 saturated carbocycles. The molecule has 0 aliphatic heterocycles. The molecule has 2 aromatic rings. The summed E-state index contributed by atoms with van der Waals surface area (Å²) in [6.07, 6.45) is 3.49. The van der Waals surface area contributed by atoms with Crippen molar-refractivity contribution in [2.45, 2.75) is 13.5 Å². The quantitative estimate of drug-likeness (QED) is 0.810. The molecule has 0 unspecified atom stereocenters. The fourth-order valence-electron chi connectivity index (χ4n) is 1.45. The first-order chi connectivity index (χ1) is 9.31. The number of nitrogens with zero attached hydrogens (tertiary/aromatic N) is 4. The SMILES string of the molecule is CCNc1nc(NCc2ccncc2)nc(OC)n1. The van der Waals surface area contributed by atoms with Gasteiger partial charge in [-0.25, -0.2) is 0 Å². The number of anilines is 2. The van der Waals surface area contributed by atoms with Crippen LogP contribution in [0.2, 0.25) is 0 Å². The molecule has 19 heavy (non-hydrogen) atoms. The third-order valence-corrected chi connectivity index (χ3v) is 2.33. The minimum Gasteiger partial charge on any atom is -0.467 e. The molecule has 0 fully saturated rings. The second-order valence-electron chi connectivity index (χ2n) is 3.71. The summed E-state index contributed by atoms with van der Waals surface area (Å²) >= 11 is 0. The molecule has 0 aliphatic carbocycles. The van der Waals surface area contributed by atoms with Gasteiger partial charge in [0, 0.05) is 25.5 Å². The van der Waals surface area contributed by atoms with Gasteiger partial charge in [0.25, 0.3) is 0 Å². The first-order valence-electron chi connectivity index (χ1n) is 5.98. The Morgan fingerprint density at radius 2 is 1.74 bits per heavy atom. The molecular weight excluding hydrogens is 244 g/mol. The lowest BCUT2D eigenvalue weighted by molar-refractivity contribution is 0.379. The Bertz CT molecular complexity index is 519. The highest BCUT2D eigenvalue weighted by Gasteiger charge is 2.05. The van der Waals surface area contributed by atoms with E-state index >= 15 is 0 Å². The third kappa shape index (κ3) is 3.77. The van der Waals surface area contributed by atoms with Gasteiger partial charge in [0.05, 0.1) is 7.11 Å². The molecule has 0 aliphatic rings. The number of hydrogen-bond donors (Lipinski definition) is 2. The van der Waals surface area contributed by atoms with Crippen LogP contribution >= 0.6 is 0 Å². The van der Waals surface area contributed by atoms with Gasteiger partial charge < -0.3 is 15.4 Å². The van der Waals surface area contributed by atoms with Crippen LogP contribution in [0.5, 0.6) is 6.01 Å². The number of pyridine rings is 1. The molecule has 2 aromatic heterocycles. The zero-order valence-electron chi connectivity index (χ0n) is 10.9. The summed E-state index contributed by atoms with van der Waals surface area (Å²) in [5.74, 6) is 0.964. The number of aromatic nitrogens is 4. The van der Waals surface area contributed by atoms with E-state index in [1.54, 1.807) is 12.4 Å². The summed E-state index contributed by atoms with van der Waals surface area (Å²) in [6.45, 7) is 3.32. The van der Waals surface area contributed by atoms with E-state index in [1.807, 2.05) is 19.1 Å². The van der Waals surface area contributed by atoms with Crippen LogP contribution in [-0.2, 0) is 6.54 Å². The molecular formula is C12H16N6O. The number of rotatable bonds is 6. The molecule has 0 radical (unpaired) electrons. The molecule has 0 aromatic carbocycles. The van der Waals surface area contributed by atoms with Crippen molar-refractivity contribution in [3.05, 3.63) is 30.1 Å². The van der Waals surface area contributed by atoms with Crippen molar-refractivity contribution in [1.82, 2.24) is 19.9 Å². The van der Waals surface area contributed by atoms with Gasteiger partial charge in [-0.1, -0.05) is 0 Å². The number of nitrogens with one attached hydrogen (secondary N) is 2. The predicted molar refractivity (Wildman–Crippen MR) is 72.1 cm³/mol. The summed E-state index contributed by atoms with van der Waals surface area (Å²) in [4.78, 5) is 16.4. The van der Waals surface area contributed by atoms with Gasteiger partial charge in [0.1, 0.15) is 0 Å². The van der Waals surface area contributed by atoms with Crippen molar-refractivity contribution in [3.63, 3.8) is 0 Å². The monoisotopic (exact) mass is 260 g/mol. The normalized spacial score (nSPS) is 10.0. The van der Waals surface area contributed by atoms with E-state index in [-0.39, 0.29) is 6.01 Å². The van der Waals surface area contributed by atoms with Crippen molar-refractivity contribution in [3.8, 4) is 6.01 Å². The lowest BCUT2D eigenvalue weighted by Gasteiger charge is -2.08. The standard InChI is InChI=1S/C12H16N6O/c1-3-14-10-16-11(18-12(17-10)19-2)15-8-9-4-6-13-7-5-9/h4-7H,3,8H2,1-2H3,(H2,14,15,16,17,18). The maximum absolute atomic E-state index is 5.04. The van der Waals surface area contributed by atoms with E-state index in [1.165, 1.54) is 7.11 Å². The van der Waals surface area contributed by atoms with Gasteiger partial charge in [-0.15, -0.1) is 0 Å². The second kappa shape index (κ2) is 6.48. The van der Waals surface area contributed by atoms with Crippen LogP contribution in [0.15, 0.2) is 24.5 Å². The lowest BCUT2D eigenvalue weighted by atomic mass is 10.3. The molecule has 0 bridgehead atoms. The first-order valence-corrected chi connectivity index (χ1v) is 5.98. The van der Waals surface area contributed by atoms with E-state index < -0.39 is 0 Å². The Hall–Kier alpha value is -2.44. The summed E-state index contributed by atoms with van der Waals surface area (Å²) in [5.41, 5.74) is 1.10. The van der Waals surface area contributed by atoms with E-state index in [0.717, 1.165) is 12.1 Å². The molecule has 0 atom stereocenters. The van der Waals surface area contributed by atoms with Gasteiger partial charge in [-0.2, -0.15) is 15.0 Å². The van der Waals surface area contributed by atoms with Crippen LogP contribution in [0.3, 0.4) is 0 Å². The smallest absolute Gasteiger partial charge is 0.322 e. The van der Waals surface area contributed by atoms with Gasteiger partial charge >= 0.3 is 6.01 Å². The lowest BCUT2D eigenvalue weighted by Crippen LogP contribution is -2.10. The highest BCUT2D eigenvalue weighted by atomic mass is 16.5. The van der Waals surface area contributed by atoms with Crippen LogP contribution in [0.4, 0.5) is 11.9 Å². The molecule has 2 heterocycles. The van der Waals surface area contributed by atoms with Crippen LogP contribution in [0.1, 0.15) is 12.5 Å². The van der Waals surface area contributed by atoms with Crippen molar-refractivity contribution in [1.29, 1.82) is 0 Å². The fraction of sp³-hybridized carbons (Fsp3) is 0.333. The number of methoxy groups -OCH3 is 1. The van der Waals surface area contributed by atoms with Crippen molar-refractivity contribution in [2.24, 2.45) is 0 Å². The van der Waals surface area contributed by atoms with Crippen LogP contribution in [0.25, 0.3) is 0 Å². The Balaban J connectivity index is 2.08. The average Bonchev–Trinajstić information content (AvgIpc) is 2.46. The summed E-state index contributed by atoms with van der Waals surface area (Å²) < 4.78 is 5.04. The zero-order chi connectivity index (χ0) is 13.5. The Labute approximate surface area is 111 Å². The Morgan fingerprint density at radius 3 is 2.37 bits per heavy atom. The van der Waals surface area contributed by atoms with E-state index in [4.69, 9.17) is 4.74 Å². The van der Waals surface area contributed by atoms with Crippen LogP contribution < -0.4 is 15.4 Å². The van der Waals surface area contributed by atoms with Crippen molar-refractivity contribution < 1.29 is 4.74 Å². The van der Waals surface area contributed by atoms with Gasteiger partial charge in [0.15, 0.2) is 0 Å². The fourth-order valence-corrected chi connectivity index (χ4v) is 1.45. The molecule has 7 nitrogen and oxygen atoms in total. The molecule has 0 amide bonds. The number of hydrogen-bond acceptors (Lipinski definition) is 7. The molecule has 0 spiro atoms. The molecule has 7 heteroatoms. The Kier molecular flexibility index (Phi) is 4.44. The molecule has 100 valence electrons. The third-order valence-electron chi connectivity index (χ3n) is 2.33. The van der Waals surface area contributed by atoms with Crippen molar-refractivity contribution in [2.75, 3.05) is 24.3 Å². The predicted octanol–water partition coefficient (Wildman–Crippen LogP) is 1.32. The highest BCUT2D eigenvalue weighted by Crippen LogP contribution is 2.11. The summed E-state index contributed by atoms with van der Waals surface area (Å²) in [5, 5.41) is 6.15. The second-order valence-corrected chi connectivity index (χ2v) is 3.71. The highest BCUT2D eigenvalue weighted by molar-refractivity contribution is 5.36. The largest absolute Gasteiger partial charge is 0.467 e. The summed E-state index contributed by atoms with van der Waals surface area (Å²) in [7, 11) is 1.53. The van der Waals surface area contributed by atoms with Gasteiger partial charge in [0.2, 0.25) is 11.9 Å². The molecule has 0 saturated heterocycles. The topological polar surface area (TPSA) is 84.9 Å². The summed E-state index contributed by atoms with van der Waals surface area (Å²) in [6, 6.07) is 4.14. The van der Waals surface area contributed by atoms with E-state index in [0.29, 0.717) is 18.4 Å². The molecule has 2 N–H and O–H groups in total. The van der Waals surface area contributed by atoms with Gasteiger partial charge in [-0.3, -0.25) is 4.98 Å². The van der Waals surface area contributed by atoms with Crippen LogP contribution in [-0.4, -0.2) is 33.6 Å². The van der Waals surface area contributed by atoms with E-state index in [9.17, 15) is 0 Å². The molecule has 2 rings (SSSR count). The Morgan fingerprint density at radius 1 is 1.05 bits per heavy atom. The minimum absolute atomic E-state index is 0.281. The maximum Gasteiger partial charge on any atom is 0.322 e. The number of ether oxygens (including phenoxy) is 1. The minimum atomic E-state index is 0.281.